The number of rotatable bonds is 8. The largest absolute Gasteiger partial charge is 0.326 e. The van der Waals surface area contributed by atoms with E-state index in [0.717, 1.165) is 13.0 Å². The first-order valence-electron chi connectivity index (χ1n) is 6.92. The molecule has 0 aliphatic rings. The Bertz CT molecular complexity index is 553. The molecule has 0 atom stereocenters. The van der Waals surface area contributed by atoms with Crippen molar-refractivity contribution in [2.45, 2.75) is 38.1 Å². The van der Waals surface area contributed by atoms with Crippen molar-refractivity contribution in [3.8, 4) is 0 Å². The van der Waals surface area contributed by atoms with Gasteiger partial charge in [-0.3, -0.25) is 4.79 Å². The van der Waals surface area contributed by atoms with Gasteiger partial charge in [-0.25, -0.2) is 13.1 Å². The van der Waals surface area contributed by atoms with Crippen LogP contribution in [-0.4, -0.2) is 33.5 Å². The predicted molar refractivity (Wildman–Crippen MR) is 83.7 cm³/mol. The third-order valence-corrected chi connectivity index (χ3v) is 4.16. The van der Waals surface area contributed by atoms with E-state index in [1.807, 2.05) is 13.8 Å². The highest BCUT2D eigenvalue weighted by Gasteiger charge is 2.12. The Labute approximate surface area is 126 Å². The molecule has 1 rings (SSSR count). The van der Waals surface area contributed by atoms with Crippen molar-refractivity contribution in [2.75, 3.05) is 18.4 Å². The van der Waals surface area contributed by atoms with Crippen LogP contribution in [0.15, 0.2) is 29.2 Å². The zero-order chi connectivity index (χ0) is 15.9. The SMILES string of the molecule is CC(=O)Nc1ccc(S(=O)(=O)NCCCNC(C)C)cc1. The summed E-state index contributed by atoms with van der Waals surface area (Å²) >= 11 is 0. The summed E-state index contributed by atoms with van der Waals surface area (Å²) in [6.45, 7) is 6.64. The van der Waals surface area contributed by atoms with Crippen LogP contribution in [0.5, 0.6) is 0 Å². The molecule has 3 N–H and O–H groups in total. The average Bonchev–Trinajstić information content (AvgIpc) is 2.37. The van der Waals surface area contributed by atoms with E-state index in [4.69, 9.17) is 0 Å². The minimum Gasteiger partial charge on any atom is -0.326 e. The van der Waals surface area contributed by atoms with Crippen LogP contribution in [0, 0.1) is 0 Å². The molecule has 0 bridgehead atoms. The van der Waals surface area contributed by atoms with Gasteiger partial charge < -0.3 is 10.6 Å². The van der Waals surface area contributed by atoms with Crippen LogP contribution in [0.2, 0.25) is 0 Å². The molecule has 0 fully saturated rings. The molecule has 0 spiro atoms. The molecule has 0 saturated heterocycles. The van der Waals surface area contributed by atoms with Crippen LogP contribution in [0.4, 0.5) is 5.69 Å². The number of nitrogens with one attached hydrogen (secondary N) is 3. The van der Waals surface area contributed by atoms with Crippen molar-refractivity contribution in [3.05, 3.63) is 24.3 Å². The lowest BCUT2D eigenvalue weighted by molar-refractivity contribution is -0.114. The standard InChI is InChI=1S/C14H23N3O3S/c1-11(2)15-9-4-10-16-21(19,20)14-7-5-13(6-8-14)17-12(3)18/h5-8,11,15-16H,4,9-10H2,1-3H3,(H,17,18). The summed E-state index contributed by atoms with van der Waals surface area (Å²) in [5.41, 5.74) is 0.572. The Morgan fingerprint density at radius 2 is 1.76 bits per heavy atom. The fourth-order valence-electron chi connectivity index (χ4n) is 1.69. The van der Waals surface area contributed by atoms with Gasteiger partial charge in [-0.05, 0) is 37.2 Å². The molecule has 0 aliphatic heterocycles. The van der Waals surface area contributed by atoms with Crippen molar-refractivity contribution in [3.63, 3.8) is 0 Å². The van der Waals surface area contributed by atoms with Crippen molar-refractivity contribution in [2.24, 2.45) is 0 Å². The van der Waals surface area contributed by atoms with Gasteiger partial charge in [0.2, 0.25) is 15.9 Å². The average molecular weight is 313 g/mol. The van der Waals surface area contributed by atoms with Crippen LogP contribution in [-0.2, 0) is 14.8 Å². The van der Waals surface area contributed by atoms with Gasteiger partial charge in [0.1, 0.15) is 0 Å². The minimum absolute atomic E-state index is 0.188. The Balaban J connectivity index is 2.52. The molecule has 0 saturated carbocycles. The van der Waals surface area contributed by atoms with E-state index in [2.05, 4.69) is 15.4 Å². The summed E-state index contributed by atoms with van der Waals surface area (Å²) < 4.78 is 26.6. The fourth-order valence-corrected chi connectivity index (χ4v) is 2.76. The second kappa shape index (κ2) is 8.11. The molecule has 1 aromatic carbocycles. The maximum Gasteiger partial charge on any atom is 0.240 e. The maximum absolute atomic E-state index is 12.0. The number of benzene rings is 1. The number of carbonyl (C=O) groups excluding carboxylic acids is 1. The van der Waals surface area contributed by atoms with Gasteiger partial charge in [0.15, 0.2) is 0 Å². The quantitative estimate of drug-likeness (QED) is 0.632. The van der Waals surface area contributed by atoms with E-state index in [-0.39, 0.29) is 10.8 Å². The highest BCUT2D eigenvalue weighted by Crippen LogP contribution is 2.13. The van der Waals surface area contributed by atoms with Crippen LogP contribution in [0.3, 0.4) is 0 Å². The van der Waals surface area contributed by atoms with Crippen LogP contribution in [0.1, 0.15) is 27.2 Å². The summed E-state index contributed by atoms with van der Waals surface area (Å²) in [4.78, 5) is 11.1. The Kier molecular flexibility index (Phi) is 6.80. The number of anilines is 1. The van der Waals surface area contributed by atoms with E-state index >= 15 is 0 Å². The second-order valence-corrected chi connectivity index (χ2v) is 6.83. The van der Waals surface area contributed by atoms with E-state index in [9.17, 15) is 13.2 Å². The number of hydrogen-bond donors (Lipinski definition) is 3. The lowest BCUT2D eigenvalue weighted by Gasteiger charge is -2.10. The maximum atomic E-state index is 12.0. The summed E-state index contributed by atoms with van der Waals surface area (Å²) in [5, 5.41) is 5.81. The van der Waals surface area contributed by atoms with Crippen molar-refractivity contribution < 1.29 is 13.2 Å². The third kappa shape index (κ3) is 6.70. The van der Waals surface area contributed by atoms with E-state index in [1.165, 1.54) is 19.1 Å². The molecular formula is C14H23N3O3S. The van der Waals surface area contributed by atoms with Gasteiger partial charge >= 0.3 is 0 Å². The molecule has 0 aliphatic carbocycles. The summed E-state index contributed by atoms with van der Waals surface area (Å²) in [7, 11) is -3.50. The topological polar surface area (TPSA) is 87.3 Å². The normalized spacial score (nSPS) is 11.6. The molecule has 21 heavy (non-hydrogen) atoms. The zero-order valence-electron chi connectivity index (χ0n) is 12.6. The molecule has 6 nitrogen and oxygen atoms in total. The van der Waals surface area contributed by atoms with Crippen molar-refractivity contribution in [1.82, 2.24) is 10.0 Å². The van der Waals surface area contributed by atoms with Crippen molar-refractivity contribution >= 4 is 21.6 Å². The zero-order valence-corrected chi connectivity index (χ0v) is 13.5. The first kappa shape index (κ1) is 17.6. The number of carbonyl (C=O) groups is 1. The fraction of sp³-hybridized carbons (Fsp3) is 0.500. The number of amides is 1. The van der Waals surface area contributed by atoms with E-state index < -0.39 is 10.0 Å². The molecule has 0 unspecified atom stereocenters. The Morgan fingerprint density at radius 1 is 1.14 bits per heavy atom. The highest BCUT2D eigenvalue weighted by molar-refractivity contribution is 7.89. The smallest absolute Gasteiger partial charge is 0.240 e. The van der Waals surface area contributed by atoms with Gasteiger partial charge in [0.05, 0.1) is 4.90 Å². The molecule has 1 aromatic rings. The third-order valence-electron chi connectivity index (χ3n) is 2.68. The van der Waals surface area contributed by atoms with Crippen molar-refractivity contribution in [1.29, 1.82) is 0 Å². The molecule has 0 aromatic heterocycles. The van der Waals surface area contributed by atoms with E-state index in [1.54, 1.807) is 12.1 Å². The van der Waals surface area contributed by atoms with E-state index in [0.29, 0.717) is 18.3 Å². The van der Waals surface area contributed by atoms with Crippen LogP contribution >= 0.6 is 0 Å². The lowest BCUT2D eigenvalue weighted by atomic mass is 10.3. The number of sulfonamides is 1. The predicted octanol–water partition coefficient (Wildman–Crippen LogP) is 1.31. The Morgan fingerprint density at radius 3 is 2.29 bits per heavy atom. The Hall–Kier alpha value is -1.44. The lowest BCUT2D eigenvalue weighted by Crippen LogP contribution is -2.29. The molecule has 0 heterocycles. The van der Waals surface area contributed by atoms with Gasteiger partial charge in [0, 0.05) is 25.2 Å². The summed E-state index contributed by atoms with van der Waals surface area (Å²) in [6, 6.07) is 6.47. The summed E-state index contributed by atoms with van der Waals surface area (Å²) in [5.74, 6) is -0.193. The van der Waals surface area contributed by atoms with Crippen LogP contribution < -0.4 is 15.4 Å². The number of hydrogen-bond acceptors (Lipinski definition) is 4. The van der Waals surface area contributed by atoms with Crippen LogP contribution in [0.25, 0.3) is 0 Å². The van der Waals surface area contributed by atoms with Gasteiger partial charge in [-0.2, -0.15) is 0 Å². The molecule has 0 radical (unpaired) electrons. The molecule has 7 heteroatoms. The first-order valence-corrected chi connectivity index (χ1v) is 8.40. The minimum atomic E-state index is -3.50. The monoisotopic (exact) mass is 313 g/mol. The van der Waals surface area contributed by atoms with Gasteiger partial charge in [-0.1, -0.05) is 13.8 Å². The molecular weight excluding hydrogens is 290 g/mol. The van der Waals surface area contributed by atoms with Gasteiger partial charge in [-0.15, -0.1) is 0 Å². The highest BCUT2D eigenvalue weighted by atomic mass is 32.2. The molecule has 118 valence electrons. The first-order chi connectivity index (χ1) is 9.81. The molecule has 1 amide bonds. The summed E-state index contributed by atoms with van der Waals surface area (Å²) in [6.07, 6.45) is 0.724. The second-order valence-electron chi connectivity index (χ2n) is 5.07. The van der Waals surface area contributed by atoms with Gasteiger partial charge in [0.25, 0.3) is 0 Å².